The fourth-order valence-corrected chi connectivity index (χ4v) is 5.43. The van der Waals surface area contributed by atoms with Crippen molar-refractivity contribution in [3.63, 3.8) is 0 Å². The van der Waals surface area contributed by atoms with Gasteiger partial charge in [0, 0.05) is 13.1 Å². The lowest BCUT2D eigenvalue weighted by atomic mass is 9.76. The van der Waals surface area contributed by atoms with Crippen LogP contribution in [0.15, 0.2) is 0 Å². The van der Waals surface area contributed by atoms with Crippen molar-refractivity contribution in [1.29, 1.82) is 0 Å². The Morgan fingerprint density at radius 2 is 2.09 bits per heavy atom. The SMILES string of the molecule is CC12CCC(O)C(C1)N(C(=O)NCC1CCCC1C1CC1)C2. The van der Waals surface area contributed by atoms with Crippen LogP contribution < -0.4 is 5.32 Å². The van der Waals surface area contributed by atoms with E-state index in [1.54, 1.807) is 0 Å². The molecule has 0 spiro atoms. The van der Waals surface area contributed by atoms with Crippen LogP contribution in [0.25, 0.3) is 0 Å². The zero-order valence-corrected chi connectivity index (χ0v) is 13.8. The Balaban J connectivity index is 1.34. The second kappa shape index (κ2) is 5.40. The third-order valence-corrected chi connectivity index (χ3v) is 6.86. The standard InChI is InChI=1S/C18H30N2O2/c1-18-8-7-16(21)15(9-18)20(11-18)17(22)19-10-13-3-2-4-14(13)12-5-6-12/h12-16,21H,2-11H2,1H3,(H,19,22). The molecule has 1 aliphatic heterocycles. The Hall–Kier alpha value is -0.770. The van der Waals surface area contributed by atoms with Gasteiger partial charge in [0.15, 0.2) is 0 Å². The first-order valence-corrected chi connectivity index (χ1v) is 9.28. The monoisotopic (exact) mass is 306 g/mol. The van der Waals surface area contributed by atoms with Crippen LogP contribution >= 0.6 is 0 Å². The molecular weight excluding hydrogens is 276 g/mol. The predicted molar refractivity (Wildman–Crippen MR) is 85.4 cm³/mol. The summed E-state index contributed by atoms with van der Waals surface area (Å²) in [5, 5.41) is 13.4. The highest BCUT2D eigenvalue weighted by molar-refractivity contribution is 5.75. The van der Waals surface area contributed by atoms with E-state index in [2.05, 4.69) is 12.2 Å². The van der Waals surface area contributed by atoms with E-state index < -0.39 is 0 Å². The third kappa shape index (κ3) is 2.64. The van der Waals surface area contributed by atoms with Crippen molar-refractivity contribution < 1.29 is 9.90 Å². The van der Waals surface area contributed by atoms with Crippen LogP contribution in [0.1, 0.15) is 58.3 Å². The molecule has 0 aromatic carbocycles. The first-order valence-electron chi connectivity index (χ1n) is 9.28. The lowest BCUT2D eigenvalue weighted by molar-refractivity contribution is 0.0608. The number of likely N-dealkylation sites (tertiary alicyclic amines) is 1. The van der Waals surface area contributed by atoms with Gasteiger partial charge in [-0.2, -0.15) is 0 Å². The average Bonchev–Trinajstić information content (AvgIpc) is 3.15. The summed E-state index contributed by atoms with van der Waals surface area (Å²) in [4.78, 5) is 14.6. The highest BCUT2D eigenvalue weighted by atomic mass is 16.3. The van der Waals surface area contributed by atoms with Crippen molar-refractivity contribution in [3.8, 4) is 0 Å². The maximum absolute atomic E-state index is 12.6. The first kappa shape index (κ1) is 14.8. The molecule has 2 N–H and O–H groups in total. The van der Waals surface area contributed by atoms with Crippen LogP contribution in [0, 0.1) is 23.2 Å². The van der Waals surface area contributed by atoms with E-state index in [1.165, 1.54) is 32.1 Å². The molecule has 3 aliphatic carbocycles. The number of aliphatic hydroxyl groups excluding tert-OH is 1. The molecule has 3 saturated carbocycles. The Labute approximate surface area is 133 Å². The number of fused-ring (bicyclic) bond motifs is 2. The van der Waals surface area contributed by atoms with Crippen LogP contribution in [-0.2, 0) is 0 Å². The normalized spacial score (nSPS) is 44.4. The van der Waals surface area contributed by atoms with Gasteiger partial charge in [0.2, 0.25) is 0 Å². The number of nitrogens with zero attached hydrogens (tertiary/aromatic N) is 1. The molecule has 0 aromatic rings. The van der Waals surface area contributed by atoms with Gasteiger partial charge in [0.25, 0.3) is 0 Å². The molecule has 4 heteroatoms. The maximum Gasteiger partial charge on any atom is 0.317 e. The van der Waals surface area contributed by atoms with E-state index in [4.69, 9.17) is 0 Å². The number of hydrogen-bond acceptors (Lipinski definition) is 2. The molecule has 5 atom stereocenters. The van der Waals surface area contributed by atoms with E-state index in [1.807, 2.05) is 4.90 Å². The number of aliphatic hydroxyl groups is 1. The molecule has 2 bridgehead atoms. The summed E-state index contributed by atoms with van der Waals surface area (Å²) in [7, 11) is 0. The average molecular weight is 306 g/mol. The molecule has 4 rings (SSSR count). The minimum absolute atomic E-state index is 0.0431. The lowest BCUT2D eigenvalue weighted by Gasteiger charge is -2.31. The smallest absolute Gasteiger partial charge is 0.317 e. The molecule has 22 heavy (non-hydrogen) atoms. The number of amides is 2. The minimum Gasteiger partial charge on any atom is -0.391 e. The molecule has 2 amide bonds. The quantitative estimate of drug-likeness (QED) is 0.842. The summed E-state index contributed by atoms with van der Waals surface area (Å²) in [6.45, 7) is 3.92. The molecular formula is C18H30N2O2. The van der Waals surface area contributed by atoms with Gasteiger partial charge in [-0.1, -0.05) is 13.3 Å². The van der Waals surface area contributed by atoms with E-state index in [-0.39, 0.29) is 23.6 Å². The highest BCUT2D eigenvalue weighted by Crippen LogP contribution is 2.48. The summed E-state index contributed by atoms with van der Waals surface area (Å²) in [5.41, 5.74) is 0.227. The number of urea groups is 1. The molecule has 124 valence electrons. The largest absolute Gasteiger partial charge is 0.391 e. The molecule has 0 radical (unpaired) electrons. The third-order valence-electron chi connectivity index (χ3n) is 6.86. The van der Waals surface area contributed by atoms with Crippen molar-refractivity contribution in [2.75, 3.05) is 13.1 Å². The van der Waals surface area contributed by atoms with Gasteiger partial charge in [0.1, 0.15) is 0 Å². The van der Waals surface area contributed by atoms with Gasteiger partial charge in [0.05, 0.1) is 12.1 Å². The van der Waals surface area contributed by atoms with Crippen molar-refractivity contribution >= 4 is 6.03 Å². The molecule has 4 nitrogen and oxygen atoms in total. The van der Waals surface area contributed by atoms with Crippen molar-refractivity contribution in [2.24, 2.45) is 23.2 Å². The molecule has 4 aliphatic rings. The van der Waals surface area contributed by atoms with Gasteiger partial charge < -0.3 is 15.3 Å². The van der Waals surface area contributed by atoms with Gasteiger partial charge in [-0.05, 0) is 68.1 Å². The van der Waals surface area contributed by atoms with Crippen LogP contribution in [0.4, 0.5) is 4.79 Å². The van der Waals surface area contributed by atoms with E-state index in [9.17, 15) is 9.90 Å². The van der Waals surface area contributed by atoms with E-state index >= 15 is 0 Å². The number of hydrogen-bond donors (Lipinski definition) is 2. The zero-order valence-electron chi connectivity index (χ0n) is 13.8. The van der Waals surface area contributed by atoms with Gasteiger partial charge in [-0.15, -0.1) is 0 Å². The first-order chi connectivity index (χ1) is 10.6. The zero-order chi connectivity index (χ0) is 15.3. The van der Waals surface area contributed by atoms with Crippen LogP contribution in [-0.4, -0.2) is 41.3 Å². The maximum atomic E-state index is 12.6. The summed E-state index contributed by atoms with van der Waals surface area (Å²) in [6, 6.07) is 0.109. The van der Waals surface area contributed by atoms with Crippen molar-refractivity contribution in [3.05, 3.63) is 0 Å². The second-order valence-electron chi connectivity index (χ2n) is 8.69. The minimum atomic E-state index is -0.327. The number of nitrogens with one attached hydrogen (secondary N) is 1. The number of carbonyl (C=O) groups excluding carboxylic acids is 1. The fraction of sp³-hybridized carbons (Fsp3) is 0.944. The Morgan fingerprint density at radius 1 is 1.27 bits per heavy atom. The van der Waals surface area contributed by atoms with E-state index in [0.29, 0.717) is 5.92 Å². The summed E-state index contributed by atoms with van der Waals surface area (Å²) in [5.74, 6) is 2.51. The van der Waals surface area contributed by atoms with Crippen LogP contribution in [0.2, 0.25) is 0 Å². The van der Waals surface area contributed by atoms with Crippen LogP contribution in [0.3, 0.4) is 0 Å². The number of carbonyl (C=O) groups is 1. The van der Waals surface area contributed by atoms with Gasteiger partial charge in [-0.3, -0.25) is 0 Å². The molecule has 4 fully saturated rings. The number of rotatable bonds is 3. The predicted octanol–water partition coefficient (Wildman–Crippen LogP) is 2.76. The summed E-state index contributed by atoms with van der Waals surface area (Å²) >= 11 is 0. The molecule has 1 heterocycles. The summed E-state index contributed by atoms with van der Waals surface area (Å²) in [6.07, 6.45) is 9.34. The summed E-state index contributed by atoms with van der Waals surface area (Å²) < 4.78 is 0. The molecule has 0 aromatic heterocycles. The Kier molecular flexibility index (Phi) is 3.63. The highest BCUT2D eigenvalue weighted by Gasteiger charge is 2.49. The van der Waals surface area contributed by atoms with Crippen molar-refractivity contribution in [1.82, 2.24) is 10.2 Å². The Bertz CT molecular complexity index is 450. The molecule has 1 saturated heterocycles. The van der Waals surface area contributed by atoms with Gasteiger partial charge in [-0.25, -0.2) is 4.79 Å². The molecule has 5 unspecified atom stereocenters. The Morgan fingerprint density at radius 3 is 2.86 bits per heavy atom. The topological polar surface area (TPSA) is 52.6 Å². The second-order valence-corrected chi connectivity index (χ2v) is 8.69. The lowest BCUT2D eigenvalue weighted by Crippen LogP contribution is -2.48. The van der Waals surface area contributed by atoms with Crippen molar-refractivity contribution in [2.45, 2.75) is 70.4 Å². The van der Waals surface area contributed by atoms with Gasteiger partial charge >= 0.3 is 6.03 Å². The fourth-order valence-electron chi connectivity index (χ4n) is 5.43. The van der Waals surface area contributed by atoms with E-state index in [0.717, 1.165) is 44.2 Å². The van der Waals surface area contributed by atoms with Crippen LogP contribution in [0.5, 0.6) is 0 Å².